The molecular weight excluding hydrogens is 294 g/mol. The Balaban J connectivity index is 3.03. The van der Waals surface area contributed by atoms with Gasteiger partial charge in [0.1, 0.15) is 0 Å². The van der Waals surface area contributed by atoms with E-state index in [0.29, 0.717) is 12.0 Å². The van der Waals surface area contributed by atoms with Crippen LogP contribution in [0.5, 0.6) is 0 Å². The summed E-state index contributed by atoms with van der Waals surface area (Å²) in [6, 6.07) is 3.99. The highest BCUT2D eigenvalue weighted by molar-refractivity contribution is 7.89. The summed E-state index contributed by atoms with van der Waals surface area (Å²) in [5, 5.41) is 17.9. The van der Waals surface area contributed by atoms with Gasteiger partial charge in [0, 0.05) is 13.2 Å². The summed E-state index contributed by atoms with van der Waals surface area (Å²) >= 11 is 0. The average Bonchev–Trinajstić information content (AvgIpc) is 2.36. The molecule has 0 bridgehead atoms. The Morgan fingerprint density at radius 2 is 1.95 bits per heavy atom. The van der Waals surface area contributed by atoms with Crippen molar-refractivity contribution < 1.29 is 23.4 Å². The number of aromatic carboxylic acids is 1. The highest BCUT2D eigenvalue weighted by atomic mass is 32.2. The molecule has 0 spiro atoms. The van der Waals surface area contributed by atoms with E-state index in [1.165, 1.54) is 12.1 Å². The van der Waals surface area contributed by atoms with Crippen LogP contribution >= 0.6 is 0 Å². The molecule has 0 atom stereocenters. The van der Waals surface area contributed by atoms with Crippen LogP contribution in [0.1, 0.15) is 36.2 Å². The van der Waals surface area contributed by atoms with Gasteiger partial charge in [-0.3, -0.25) is 0 Å². The molecular formula is C14H21NO5S. The number of aryl methyl sites for hydroxylation is 1. The zero-order valence-corrected chi connectivity index (χ0v) is 13.2. The van der Waals surface area contributed by atoms with Crippen molar-refractivity contribution in [2.24, 2.45) is 5.41 Å². The summed E-state index contributed by atoms with van der Waals surface area (Å²) in [5.41, 5.74) is 0.0169. The number of benzene rings is 1. The fourth-order valence-electron chi connectivity index (χ4n) is 1.78. The maximum Gasteiger partial charge on any atom is 0.335 e. The number of nitrogens with one attached hydrogen (secondary N) is 1. The van der Waals surface area contributed by atoms with E-state index in [1.54, 1.807) is 6.92 Å². The van der Waals surface area contributed by atoms with Crippen LogP contribution in [0.4, 0.5) is 0 Å². The highest BCUT2D eigenvalue weighted by Gasteiger charge is 2.23. The average molecular weight is 315 g/mol. The molecule has 118 valence electrons. The van der Waals surface area contributed by atoms with Crippen LogP contribution in [0.2, 0.25) is 0 Å². The molecule has 0 unspecified atom stereocenters. The maximum atomic E-state index is 12.3. The summed E-state index contributed by atoms with van der Waals surface area (Å²) in [5.74, 6) is -1.17. The predicted molar refractivity (Wildman–Crippen MR) is 78.8 cm³/mol. The highest BCUT2D eigenvalue weighted by Crippen LogP contribution is 2.21. The third kappa shape index (κ3) is 4.80. The molecule has 21 heavy (non-hydrogen) atoms. The van der Waals surface area contributed by atoms with E-state index in [4.69, 9.17) is 10.2 Å². The molecule has 6 nitrogen and oxygen atoms in total. The van der Waals surface area contributed by atoms with Gasteiger partial charge < -0.3 is 10.2 Å². The molecule has 1 rings (SSSR count). The van der Waals surface area contributed by atoms with E-state index in [2.05, 4.69) is 4.72 Å². The van der Waals surface area contributed by atoms with Gasteiger partial charge in [0.25, 0.3) is 0 Å². The molecule has 0 saturated carbocycles. The number of hydrogen-bond donors (Lipinski definition) is 3. The Hall–Kier alpha value is -1.44. The zero-order valence-electron chi connectivity index (χ0n) is 12.4. The molecule has 0 aromatic heterocycles. The lowest BCUT2D eigenvalue weighted by Crippen LogP contribution is -2.35. The molecule has 1 aromatic rings. The molecule has 3 N–H and O–H groups in total. The van der Waals surface area contributed by atoms with E-state index in [9.17, 15) is 13.2 Å². The molecule has 0 aliphatic carbocycles. The number of aliphatic hydroxyl groups excluding tert-OH is 1. The molecule has 0 amide bonds. The summed E-state index contributed by atoms with van der Waals surface area (Å²) in [7, 11) is -3.79. The van der Waals surface area contributed by atoms with Crippen LogP contribution in [0.15, 0.2) is 23.1 Å². The molecule has 0 heterocycles. The van der Waals surface area contributed by atoms with Crippen molar-refractivity contribution in [3.63, 3.8) is 0 Å². The summed E-state index contributed by atoms with van der Waals surface area (Å²) in [6.45, 7) is 5.42. The van der Waals surface area contributed by atoms with Gasteiger partial charge in [0.2, 0.25) is 10.0 Å². The monoisotopic (exact) mass is 315 g/mol. The molecule has 1 aromatic carbocycles. The number of rotatable bonds is 7. The minimum Gasteiger partial charge on any atom is -0.478 e. The third-order valence-corrected chi connectivity index (χ3v) is 4.80. The number of carbonyl (C=O) groups is 1. The van der Waals surface area contributed by atoms with Crippen LogP contribution in [-0.2, 0) is 10.0 Å². The van der Waals surface area contributed by atoms with Crippen LogP contribution < -0.4 is 4.72 Å². The van der Waals surface area contributed by atoms with Crippen molar-refractivity contribution in [1.82, 2.24) is 4.72 Å². The lowest BCUT2D eigenvalue weighted by Gasteiger charge is -2.24. The third-order valence-electron chi connectivity index (χ3n) is 3.25. The maximum absolute atomic E-state index is 12.3. The van der Waals surface area contributed by atoms with Crippen LogP contribution in [0, 0.1) is 12.3 Å². The van der Waals surface area contributed by atoms with E-state index in [-0.39, 0.29) is 29.0 Å². The first-order chi connectivity index (χ1) is 9.59. The van der Waals surface area contributed by atoms with Crippen molar-refractivity contribution in [1.29, 1.82) is 0 Å². The second kappa shape index (κ2) is 6.55. The Labute approximate surface area is 124 Å². The summed E-state index contributed by atoms with van der Waals surface area (Å²) < 4.78 is 27.1. The quantitative estimate of drug-likeness (QED) is 0.705. The molecule has 0 aliphatic rings. The van der Waals surface area contributed by atoms with Crippen LogP contribution in [-0.4, -0.2) is 37.8 Å². The normalized spacial score (nSPS) is 12.4. The number of carboxylic acids is 1. The number of hydrogen-bond acceptors (Lipinski definition) is 4. The number of aliphatic hydroxyl groups is 1. The second-order valence-corrected chi connectivity index (χ2v) is 7.48. The lowest BCUT2D eigenvalue weighted by atomic mass is 9.90. The predicted octanol–water partition coefficient (Wildman–Crippen LogP) is 1.38. The van der Waals surface area contributed by atoms with Crippen LogP contribution in [0.25, 0.3) is 0 Å². The minimum absolute atomic E-state index is 0.0255. The largest absolute Gasteiger partial charge is 0.478 e. The first-order valence-electron chi connectivity index (χ1n) is 6.53. The van der Waals surface area contributed by atoms with Gasteiger partial charge in [-0.25, -0.2) is 17.9 Å². The van der Waals surface area contributed by atoms with E-state index in [0.717, 1.165) is 6.07 Å². The van der Waals surface area contributed by atoms with Crippen molar-refractivity contribution in [2.75, 3.05) is 13.2 Å². The Kier molecular flexibility index (Phi) is 5.49. The lowest BCUT2D eigenvalue weighted by molar-refractivity contribution is 0.0696. The van der Waals surface area contributed by atoms with E-state index >= 15 is 0 Å². The van der Waals surface area contributed by atoms with Gasteiger partial charge in [-0.15, -0.1) is 0 Å². The van der Waals surface area contributed by atoms with Crippen LogP contribution in [0.3, 0.4) is 0 Å². The standard InChI is InChI=1S/C14H21NO5S/c1-10-4-5-11(13(17)18)8-12(10)21(19,20)15-9-14(2,3)6-7-16/h4-5,8,15-16H,6-7,9H2,1-3H3,(H,17,18). The van der Waals surface area contributed by atoms with Gasteiger partial charge in [0.15, 0.2) is 0 Å². The Morgan fingerprint density at radius 3 is 2.48 bits per heavy atom. The fraction of sp³-hybridized carbons (Fsp3) is 0.500. The van der Waals surface area contributed by atoms with Gasteiger partial charge in [0.05, 0.1) is 10.5 Å². The zero-order chi connectivity index (χ0) is 16.3. The molecule has 0 radical (unpaired) electrons. The van der Waals surface area contributed by atoms with Gasteiger partial charge in [-0.2, -0.15) is 0 Å². The smallest absolute Gasteiger partial charge is 0.335 e. The number of sulfonamides is 1. The Morgan fingerprint density at radius 1 is 1.33 bits per heavy atom. The van der Waals surface area contributed by atoms with Crippen molar-refractivity contribution in [3.8, 4) is 0 Å². The van der Waals surface area contributed by atoms with Crippen molar-refractivity contribution >= 4 is 16.0 Å². The second-order valence-electron chi connectivity index (χ2n) is 5.75. The SMILES string of the molecule is Cc1ccc(C(=O)O)cc1S(=O)(=O)NCC(C)(C)CCO. The van der Waals surface area contributed by atoms with E-state index < -0.39 is 16.0 Å². The molecule has 7 heteroatoms. The minimum atomic E-state index is -3.79. The van der Waals surface area contributed by atoms with E-state index in [1.807, 2.05) is 13.8 Å². The topological polar surface area (TPSA) is 104 Å². The molecule has 0 saturated heterocycles. The summed E-state index contributed by atoms with van der Waals surface area (Å²) in [4.78, 5) is 10.9. The van der Waals surface area contributed by atoms with Gasteiger partial charge in [-0.1, -0.05) is 19.9 Å². The number of carboxylic acid groups (broad SMARTS) is 1. The van der Waals surface area contributed by atoms with Crippen molar-refractivity contribution in [3.05, 3.63) is 29.3 Å². The summed E-state index contributed by atoms with van der Waals surface area (Å²) in [6.07, 6.45) is 0.462. The first-order valence-corrected chi connectivity index (χ1v) is 8.02. The fourth-order valence-corrected chi connectivity index (χ4v) is 3.29. The molecule has 0 aliphatic heterocycles. The Bertz CT molecular complexity index is 622. The van der Waals surface area contributed by atoms with Gasteiger partial charge in [-0.05, 0) is 36.5 Å². The first kappa shape index (κ1) is 17.6. The van der Waals surface area contributed by atoms with Crippen molar-refractivity contribution in [2.45, 2.75) is 32.1 Å². The van der Waals surface area contributed by atoms with Gasteiger partial charge >= 0.3 is 5.97 Å². The molecule has 0 fully saturated rings.